The number of rotatable bonds is 5. The van der Waals surface area contributed by atoms with E-state index >= 15 is 0 Å². The molecule has 0 spiro atoms. The molecule has 2 rings (SSSR count). The Kier molecular flexibility index (Phi) is 5.22. The van der Waals surface area contributed by atoms with E-state index in [1.165, 1.54) is 18.5 Å². The molecule has 2 aromatic rings. The van der Waals surface area contributed by atoms with E-state index in [1.54, 1.807) is 19.1 Å². The number of halogens is 2. The molecule has 0 aliphatic carbocycles. The predicted octanol–water partition coefficient (Wildman–Crippen LogP) is 3.30. The van der Waals surface area contributed by atoms with Crippen molar-refractivity contribution in [3.63, 3.8) is 0 Å². The van der Waals surface area contributed by atoms with Gasteiger partial charge in [-0.1, -0.05) is 35.3 Å². The lowest BCUT2D eigenvalue weighted by Gasteiger charge is -2.15. The van der Waals surface area contributed by atoms with Crippen molar-refractivity contribution in [3.8, 4) is 0 Å². The van der Waals surface area contributed by atoms with E-state index in [-0.39, 0.29) is 16.0 Å². The van der Waals surface area contributed by atoms with Gasteiger partial charge in [0.1, 0.15) is 4.90 Å². The van der Waals surface area contributed by atoms with Gasteiger partial charge in [-0.15, -0.1) is 0 Å². The Labute approximate surface area is 134 Å². The summed E-state index contributed by atoms with van der Waals surface area (Å²) >= 11 is 11.7. The Hall–Kier alpha value is -1.14. The maximum absolute atomic E-state index is 12.3. The van der Waals surface area contributed by atoms with Crippen molar-refractivity contribution >= 4 is 33.2 Å². The minimum Gasteiger partial charge on any atom is -0.263 e. The van der Waals surface area contributed by atoms with Crippen LogP contribution in [0.15, 0.2) is 47.6 Å². The molecule has 0 bridgehead atoms. The van der Waals surface area contributed by atoms with Crippen LogP contribution in [-0.4, -0.2) is 19.4 Å². The predicted molar refractivity (Wildman–Crippen MR) is 84.2 cm³/mol. The highest BCUT2D eigenvalue weighted by molar-refractivity contribution is 7.89. The van der Waals surface area contributed by atoms with Gasteiger partial charge in [0.05, 0.1) is 5.02 Å². The smallest absolute Gasteiger partial charge is 0.243 e. The number of pyridine rings is 1. The molecule has 1 aromatic heterocycles. The monoisotopic (exact) mass is 344 g/mol. The van der Waals surface area contributed by atoms with Crippen LogP contribution in [0.3, 0.4) is 0 Å². The van der Waals surface area contributed by atoms with Gasteiger partial charge in [0.15, 0.2) is 0 Å². The molecule has 0 amide bonds. The van der Waals surface area contributed by atoms with Gasteiger partial charge in [0.25, 0.3) is 0 Å². The lowest BCUT2D eigenvalue weighted by molar-refractivity contribution is 0.559. The van der Waals surface area contributed by atoms with Gasteiger partial charge in [0.2, 0.25) is 10.0 Å². The average Bonchev–Trinajstić information content (AvgIpc) is 2.41. The first kappa shape index (κ1) is 16.2. The first-order valence-electron chi connectivity index (χ1n) is 6.25. The van der Waals surface area contributed by atoms with Crippen molar-refractivity contribution in [1.82, 2.24) is 9.71 Å². The molecule has 0 fully saturated rings. The number of sulfonamides is 1. The zero-order chi connectivity index (χ0) is 15.5. The molecule has 0 radical (unpaired) electrons. The average molecular weight is 345 g/mol. The van der Waals surface area contributed by atoms with Crippen LogP contribution in [0.2, 0.25) is 10.0 Å². The molecule has 1 unspecified atom stereocenters. The summed E-state index contributed by atoms with van der Waals surface area (Å²) in [4.78, 5) is 3.78. The summed E-state index contributed by atoms with van der Waals surface area (Å²) in [6.45, 7) is 1.79. The van der Waals surface area contributed by atoms with Crippen LogP contribution in [0, 0.1) is 0 Å². The van der Waals surface area contributed by atoms with E-state index in [1.807, 2.05) is 12.1 Å². The highest BCUT2D eigenvalue weighted by atomic mass is 35.5. The summed E-state index contributed by atoms with van der Waals surface area (Å²) in [6, 6.07) is 8.44. The molecule has 0 saturated heterocycles. The Bertz CT molecular complexity index is 718. The molecular weight excluding hydrogens is 331 g/mol. The van der Waals surface area contributed by atoms with E-state index < -0.39 is 10.0 Å². The zero-order valence-corrected chi connectivity index (χ0v) is 13.6. The number of nitrogens with zero attached hydrogens (tertiary/aromatic N) is 1. The fourth-order valence-corrected chi connectivity index (χ4v) is 3.71. The summed E-state index contributed by atoms with van der Waals surface area (Å²) in [6.07, 6.45) is 3.23. The molecule has 4 nitrogen and oxygen atoms in total. The van der Waals surface area contributed by atoms with Crippen molar-refractivity contribution in [2.75, 3.05) is 0 Å². The van der Waals surface area contributed by atoms with Crippen LogP contribution in [0.5, 0.6) is 0 Å². The van der Waals surface area contributed by atoms with Crippen LogP contribution in [-0.2, 0) is 16.4 Å². The highest BCUT2D eigenvalue weighted by Crippen LogP contribution is 2.19. The fraction of sp³-hybridized carbons (Fsp3) is 0.214. The molecule has 0 saturated carbocycles. The first-order valence-corrected chi connectivity index (χ1v) is 8.48. The molecule has 1 N–H and O–H groups in total. The van der Waals surface area contributed by atoms with Crippen molar-refractivity contribution in [2.24, 2.45) is 0 Å². The summed E-state index contributed by atoms with van der Waals surface area (Å²) in [5.74, 6) is 0. The lowest BCUT2D eigenvalue weighted by atomic mass is 10.1. The van der Waals surface area contributed by atoms with E-state index in [9.17, 15) is 8.42 Å². The second-order valence-corrected chi connectivity index (χ2v) is 7.19. The SMILES string of the molecule is CC(Cc1ccc(Cl)cc1)NS(=O)(=O)c1cnccc1Cl. The minimum absolute atomic E-state index is 0.0189. The third kappa shape index (κ3) is 4.41. The van der Waals surface area contributed by atoms with Gasteiger partial charge in [-0.3, -0.25) is 4.98 Å². The number of nitrogens with one attached hydrogen (secondary N) is 1. The molecule has 1 aromatic carbocycles. The van der Waals surface area contributed by atoms with E-state index in [4.69, 9.17) is 23.2 Å². The molecule has 0 aliphatic heterocycles. The normalized spacial score (nSPS) is 13.1. The van der Waals surface area contributed by atoms with Crippen molar-refractivity contribution in [2.45, 2.75) is 24.3 Å². The second-order valence-electron chi connectivity index (χ2n) is 4.66. The first-order chi connectivity index (χ1) is 9.88. The Morgan fingerprint density at radius 1 is 1.19 bits per heavy atom. The Balaban J connectivity index is 2.10. The summed E-state index contributed by atoms with van der Waals surface area (Å²) in [5.41, 5.74) is 0.992. The molecular formula is C14H14Cl2N2O2S. The van der Waals surface area contributed by atoms with Gasteiger partial charge in [0, 0.05) is 23.5 Å². The maximum Gasteiger partial charge on any atom is 0.243 e. The van der Waals surface area contributed by atoms with Crippen LogP contribution >= 0.6 is 23.2 Å². The fourth-order valence-electron chi connectivity index (χ4n) is 1.90. The second kappa shape index (κ2) is 6.75. The summed E-state index contributed by atoms with van der Waals surface area (Å²) < 4.78 is 27.1. The Morgan fingerprint density at radius 2 is 1.86 bits per heavy atom. The molecule has 1 atom stereocenters. The molecule has 1 heterocycles. The standard InChI is InChI=1S/C14H14Cl2N2O2S/c1-10(8-11-2-4-12(15)5-3-11)18-21(19,20)14-9-17-7-6-13(14)16/h2-7,9-10,18H,8H2,1H3. The topological polar surface area (TPSA) is 59.1 Å². The zero-order valence-electron chi connectivity index (χ0n) is 11.3. The summed E-state index contributed by atoms with van der Waals surface area (Å²) in [7, 11) is -3.69. The van der Waals surface area contributed by atoms with E-state index in [0.717, 1.165) is 5.56 Å². The van der Waals surface area contributed by atoms with Crippen LogP contribution in [0.1, 0.15) is 12.5 Å². The number of aromatic nitrogens is 1. The van der Waals surface area contributed by atoms with Gasteiger partial charge >= 0.3 is 0 Å². The highest BCUT2D eigenvalue weighted by Gasteiger charge is 2.20. The summed E-state index contributed by atoms with van der Waals surface area (Å²) in [5, 5.41) is 0.797. The van der Waals surface area contributed by atoms with Crippen molar-refractivity contribution in [3.05, 3.63) is 58.3 Å². The van der Waals surface area contributed by atoms with Crippen LogP contribution in [0.25, 0.3) is 0 Å². The third-order valence-electron chi connectivity index (χ3n) is 2.84. The van der Waals surface area contributed by atoms with E-state index in [0.29, 0.717) is 11.4 Å². The maximum atomic E-state index is 12.3. The van der Waals surface area contributed by atoms with Gasteiger partial charge in [-0.25, -0.2) is 13.1 Å². The molecule has 0 aliphatic rings. The van der Waals surface area contributed by atoms with Crippen molar-refractivity contribution < 1.29 is 8.42 Å². The van der Waals surface area contributed by atoms with Crippen LogP contribution in [0.4, 0.5) is 0 Å². The van der Waals surface area contributed by atoms with Gasteiger partial charge in [-0.05, 0) is 37.1 Å². The van der Waals surface area contributed by atoms with Gasteiger partial charge in [-0.2, -0.15) is 0 Å². The van der Waals surface area contributed by atoms with E-state index in [2.05, 4.69) is 9.71 Å². The molecule has 112 valence electrons. The largest absolute Gasteiger partial charge is 0.263 e. The molecule has 21 heavy (non-hydrogen) atoms. The molecule has 7 heteroatoms. The Morgan fingerprint density at radius 3 is 2.48 bits per heavy atom. The number of hydrogen-bond acceptors (Lipinski definition) is 3. The van der Waals surface area contributed by atoms with Crippen LogP contribution < -0.4 is 4.72 Å². The lowest BCUT2D eigenvalue weighted by Crippen LogP contribution is -2.34. The van der Waals surface area contributed by atoms with Crippen molar-refractivity contribution in [1.29, 1.82) is 0 Å². The van der Waals surface area contributed by atoms with Gasteiger partial charge < -0.3 is 0 Å². The number of hydrogen-bond donors (Lipinski definition) is 1. The minimum atomic E-state index is -3.69. The number of benzene rings is 1. The quantitative estimate of drug-likeness (QED) is 0.905. The third-order valence-corrected chi connectivity index (χ3v) is 5.15.